The molecule has 0 fully saturated rings. The predicted molar refractivity (Wildman–Crippen MR) is 61.1 cm³/mol. The van der Waals surface area contributed by atoms with Gasteiger partial charge in [0.2, 0.25) is 0 Å². The molecular weight excluding hydrogens is 202 g/mol. The van der Waals surface area contributed by atoms with Crippen molar-refractivity contribution in [3.8, 4) is 17.0 Å². The van der Waals surface area contributed by atoms with Gasteiger partial charge in [-0.05, 0) is 24.3 Å². The number of aromatic nitrogens is 2. The highest BCUT2D eigenvalue weighted by Crippen LogP contribution is 2.27. The van der Waals surface area contributed by atoms with Gasteiger partial charge in [-0.1, -0.05) is 0 Å². The van der Waals surface area contributed by atoms with Crippen molar-refractivity contribution in [1.82, 2.24) is 15.5 Å². The van der Waals surface area contributed by atoms with Crippen LogP contribution >= 0.6 is 0 Å². The minimum atomic E-state index is 0.869. The SMILES string of the molecule is COc1ccc(-c2n[nH]c3c2CNC3)cc1. The molecule has 0 amide bonds. The summed E-state index contributed by atoms with van der Waals surface area (Å²) in [5.74, 6) is 0.869. The van der Waals surface area contributed by atoms with Gasteiger partial charge in [0.25, 0.3) is 0 Å². The molecule has 0 bridgehead atoms. The number of fused-ring (bicyclic) bond motifs is 1. The highest BCUT2D eigenvalue weighted by atomic mass is 16.5. The smallest absolute Gasteiger partial charge is 0.118 e. The number of nitrogens with one attached hydrogen (secondary N) is 2. The second-order valence-electron chi connectivity index (χ2n) is 3.86. The van der Waals surface area contributed by atoms with Crippen molar-refractivity contribution < 1.29 is 4.74 Å². The molecule has 1 aliphatic rings. The van der Waals surface area contributed by atoms with Crippen LogP contribution in [0.4, 0.5) is 0 Å². The van der Waals surface area contributed by atoms with E-state index in [1.165, 1.54) is 11.3 Å². The van der Waals surface area contributed by atoms with Crippen LogP contribution in [0.3, 0.4) is 0 Å². The Balaban J connectivity index is 2.01. The van der Waals surface area contributed by atoms with Crippen LogP contribution in [-0.2, 0) is 13.1 Å². The van der Waals surface area contributed by atoms with E-state index >= 15 is 0 Å². The van der Waals surface area contributed by atoms with Gasteiger partial charge in [-0.3, -0.25) is 5.10 Å². The van der Waals surface area contributed by atoms with Crippen molar-refractivity contribution in [2.45, 2.75) is 13.1 Å². The zero-order valence-corrected chi connectivity index (χ0v) is 9.08. The molecule has 16 heavy (non-hydrogen) atoms. The summed E-state index contributed by atoms with van der Waals surface area (Å²) in [4.78, 5) is 0. The van der Waals surface area contributed by atoms with Crippen LogP contribution in [0.1, 0.15) is 11.3 Å². The molecule has 3 rings (SSSR count). The molecule has 1 aliphatic heterocycles. The average Bonchev–Trinajstić information content (AvgIpc) is 2.91. The summed E-state index contributed by atoms with van der Waals surface area (Å²) in [7, 11) is 1.67. The molecule has 0 atom stereocenters. The third-order valence-electron chi connectivity index (χ3n) is 2.92. The lowest BCUT2D eigenvalue weighted by molar-refractivity contribution is 0.415. The summed E-state index contributed by atoms with van der Waals surface area (Å²) < 4.78 is 5.14. The van der Waals surface area contributed by atoms with Crippen LogP contribution in [0, 0.1) is 0 Å². The average molecular weight is 215 g/mol. The zero-order chi connectivity index (χ0) is 11.0. The van der Waals surface area contributed by atoms with Gasteiger partial charge in [-0.2, -0.15) is 5.10 Å². The second kappa shape index (κ2) is 3.64. The van der Waals surface area contributed by atoms with E-state index in [9.17, 15) is 0 Å². The molecule has 4 nitrogen and oxygen atoms in total. The number of benzene rings is 1. The number of hydrogen-bond acceptors (Lipinski definition) is 3. The summed E-state index contributed by atoms with van der Waals surface area (Å²) in [6.45, 7) is 1.78. The quantitative estimate of drug-likeness (QED) is 0.801. The molecule has 0 saturated carbocycles. The molecule has 0 spiro atoms. The van der Waals surface area contributed by atoms with Crippen molar-refractivity contribution in [1.29, 1.82) is 0 Å². The fourth-order valence-corrected chi connectivity index (χ4v) is 2.04. The van der Waals surface area contributed by atoms with E-state index < -0.39 is 0 Å². The van der Waals surface area contributed by atoms with E-state index in [2.05, 4.69) is 15.5 Å². The number of rotatable bonds is 2. The summed E-state index contributed by atoms with van der Waals surface area (Å²) in [6.07, 6.45) is 0. The lowest BCUT2D eigenvalue weighted by Gasteiger charge is -2.02. The summed E-state index contributed by atoms with van der Waals surface area (Å²) in [5, 5.41) is 10.7. The number of ether oxygens (including phenoxy) is 1. The number of aromatic amines is 1. The van der Waals surface area contributed by atoms with Crippen molar-refractivity contribution in [2.24, 2.45) is 0 Å². The minimum absolute atomic E-state index is 0.869. The van der Waals surface area contributed by atoms with Gasteiger partial charge < -0.3 is 10.1 Å². The molecular formula is C12H13N3O. The predicted octanol–water partition coefficient (Wildman–Crippen LogP) is 1.69. The van der Waals surface area contributed by atoms with Crippen LogP contribution in [0.25, 0.3) is 11.3 Å². The lowest BCUT2D eigenvalue weighted by Crippen LogP contribution is -2.02. The van der Waals surface area contributed by atoms with Crippen LogP contribution in [-0.4, -0.2) is 17.3 Å². The van der Waals surface area contributed by atoms with Crippen LogP contribution < -0.4 is 10.1 Å². The number of methoxy groups -OCH3 is 1. The molecule has 0 aliphatic carbocycles. The Bertz CT molecular complexity index is 501. The van der Waals surface area contributed by atoms with E-state index in [0.29, 0.717) is 0 Å². The monoisotopic (exact) mass is 215 g/mol. The molecule has 0 saturated heterocycles. The molecule has 2 N–H and O–H groups in total. The topological polar surface area (TPSA) is 49.9 Å². The summed E-state index contributed by atoms with van der Waals surface area (Å²) in [6, 6.07) is 7.98. The first kappa shape index (κ1) is 9.42. The Morgan fingerprint density at radius 1 is 1.19 bits per heavy atom. The van der Waals surface area contributed by atoms with Crippen molar-refractivity contribution in [3.63, 3.8) is 0 Å². The van der Waals surface area contributed by atoms with Crippen LogP contribution in [0.2, 0.25) is 0 Å². The molecule has 1 aromatic carbocycles. The molecule has 2 aromatic rings. The Hall–Kier alpha value is -1.81. The molecule has 2 heterocycles. The second-order valence-corrected chi connectivity index (χ2v) is 3.86. The van der Waals surface area contributed by atoms with E-state index in [1.807, 2.05) is 24.3 Å². The summed E-state index contributed by atoms with van der Waals surface area (Å²) >= 11 is 0. The fourth-order valence-electron chi connectivity index (χ4n) is 2.04. The van der Waals surface area contributed by atoms with E-state index in [0.717, 1.165) is 30.1 Å². The maximum atomic E-state index is 5.14. The minimum Gasteiger partial charge on any atom is -0.497 e. The van der Waals surface area contributed by atoms with Gasteiger partial charge in [-0.15, -0.1) is 0 Å². The molecule has 82 valence electrons. The zero-order valence-electron chi connectivity index (χ0n) is 9.08. The fraction of sp³-hybridized carbons (Fsp3) is 0.250. The molecule has 0 radical (unpaired) electrons. The molecule has 4 heteroatoms. The Morgan fingerprint density at radius 3 is 2.75 bits per heavy atom. The van der Waals surface area contributed by atoms with Crippen LogP contribution in [0.5, 0.6) is 5.75 Å². The third kappa shape index (κ3) is 1.39. The lowest BCUT2D eigenvalue weighted by atomic mass is 10.1. The van der Waals surface area contributed by atoms with Gasteiger partial charge in [0.1, 0.15) is 5.75 Å². The van der Waals surface area contributed by atoms with E-state index in [1.54, 1.807) is 7.11 Å². The van der Waals surface area contributed by atoms with E-state index in [-0.39, 0.29) is 0 Å². The largest absolute Gasteiger partial charge is 0.497 e. The maximum Gasteiger partial charge on any atom is 0.118 e. The van der Waals surface area contributed by atoms with Crippen LogP contribution in [0.15, 0.2) is 24.3 Å². The maximum absolute atomic E-state index is 5.14. The molecule has 1 aromatic heterocycles. The number of H-pyrrole nitrogens is 1. The Morgan fingerprint density at radius 2 is 2.00 bits per heavy atom. The first-order valence-electron chi connectivity index (χ1n) is 5.30. The Labute approximate surface area is 93.6 Å². The highest BCUT2D eigenvalue weighted by molar-refractivity contribution is 5.65. The highest BCUT2D eigenvalue weighted by Gasteiger charge is 2.18. The van der Waals surface area contributed by atoms with Gasteiger partial charge >= 0.3 is 0 Å². The standard InChI is InChI=1S/C12H13N3O/c1-16-9-4-2-8(3-5-9)12-10-6-13-7-11(10)14-15-12/h2-5,13H,6-7H2,1H3,(H,14,15). The Kier molecular flexibility index (Phi) is 2.15. The first-order valence-corrected chi connectivity index (χ1v) is 5.30. The van der Waals surface area contributed by atoms with Gasteiger partial charge in [0, 0.05) is 24.2 Å². The summed E-state index contributed by atoms with van der Waals surface area (Å²) in [5.41, 5.74) is 4.65. The normalized spacial score (nSPS) is 13.8. The first-order chi connectivity index (χ1) is 7.88. The van der Waals surface area contributed by atoms with Crippen molar-refractivity contribution in [3.05, 3.63) is 35.5 Å². The number of hydrogen-bond donors (Lipinski definition) is 2. The van der Waals surface area contributed by atoms with Crippen molar-refractivity contribution >= 4 is 0 Å². The third-order valence-corrected chi connectivity index (χ3v) is 2.92. The van der Waals surface area contributed by atoms with Crippen molar-refractivity contribution in [2.75, 3.05) is 7.11 Å². The molecule has 0 unspecified atom stereocenters. The van der Waals surface area contributed by atoms with Gasteiger partial charge in [0.05, 0.1) is 18.5 Å². The number of nitrogens with zero attached hydrogens (tertiary/aromatic N) is 1. The van der Waals surface area contributed by atoms with Gasteiger partial charge in [0.15, 0.2) is 0 Å². The van der Waals surface area contributed by atoms with Gasteiger partial charge in [-0.25, -0.2) is 0 Å². The van der Waals surface area contributed by atoms with E-state index in [4.69, 9.17) is 4.74 Å².